The van der Waals surface area contributed by atoms with E-state index in [2.05, 4.69) is 4.90 Å². The van der Waals surface area contributed by atoms with Crippen LogP contribution in [0.2, 0.25) is 10.0 Å². The van der Waals surface area contributed by atoms with Crippen molar-refractivity contribution in [2.75, 3.05) is 44.7 Å². The summed E-state index contributed by atoms with van der Waals surface area (Å²) in [5.74, 6) is -0.127. The van der Waals surface area contributed by atoms with Gasteiger partial charge < -0.3 is 14.7 Å². The summed E-state index contributed by atoms with van der Waals surface area (Å²) in [5, 5.41) is 1.02. The third kappa shape index (κ3) is 6.73. The van der Waals surface area contributed by atoms with Gasteiger partial charge >= 0.3 is 0 Å². The Morgan fingerprint density at radius 3 is 2.06 bits per heavy atom. The van der Waals surface area contributed by atoms with E-state index in [0.717, 1.165) is 24.3 Å². The second-order valence-electron chi connectivity index (χ2n) is 8.98. The van der Waals surface area contributed by atoms with Crippen LogP contribution in [0.15, 0.2) is 42.5 Å². The average Bonchev–Trinajstić information content (AvgIpc) is 2.81. The molecule has 2 aromatic rings. The number of benzene rings is 2. The number of halogens is 2. The molecule has 1 saturated heterocycles. The topological polar surface area (TPSA) is 60.9 Å². The van der Waals surface area contributed by atoms with E-state index in [1.807, 2.05) is 43.0 Å². The maximum atomic E-state index is 12.8. The van der Waals surface area contributed by atoms with E-state index in [9.17, 15) is 14.4 Å². The highest BCUT2D eigenvalue weighted by atomic mass is 35.5. The summed E-state index contributed by atoms with van der Waals surface area (Å²) in [4.78, 5) is 42.6. The second-order valence-corrected chi connectivity index (χ2v) is 9.79. The first kappa shape index (κ1) is 26.0. The molecule has 2 aromatic carbocycles. The summed E-state index contributed by atoms with van der Waals surface area (Å²) >= 11 is 12.4. The molecule has 0 aromatic heterocycles. The number of carbonyl (C=O) groups is 3. The fourth-order valence-corrected chi connectivity index (χ4v) is 4.60. The molecular formula is C26H31Cl2N3O3. The van der Waals surface area contributed by atoms with Gasteiger partial charge in [0.05, 0.1) is 13.0 Å². The van der Waals surface area contributed by atoms with E-state index in [1.54, 1.807) is 25.2 Å². The summed E-state index contributed by atoms with van der Waals surface area (Å²) < 4.78 is 0. The summed E-state index contributed by atoms with van der Waals surface area (Å²) in [7, 11) is 1.66. The van der Waals surface area contributed by atoms with Crippen LogP contribution in [0.3, 0.4) is 0 Å². The Kier molecular flexibility index (Phi) is 8.97. The number of hydrogen-bond donors (Lipinski definition) is 0. The molecule has 1 fully saturated rings. The second kappa shape index (κ2) is 11.7. The maximum Gasteiger partial charge on any atom is 0.227 e. The van der Waals surface area contributed by atoms with E-state index in [0.29, 0.717) is 35.1 Å². The molecule has 34 heavy (non-hydrogen) atoms. The molecule has 0 unspecified atom stereocenters. The van der Waals surface area contributed by atoms with Crippen molar-refractivity contribution in [1.82, 2.24) is 9.80 Å². The lowest BCUT2D eigenvalue weighted by Crippen LogP contribution is -2.49. The minimum absolute atomic E-state index is 0.00926. The third-order valence-electron chi connectivity index (χ3n) is 6.01. The number of carbonyl (C=O) groups excluding carboxylic acids is 3. The lowest BCUT2D eigenvalue weighted by molar-refractivity contribution is -0.136. The van der Waals surface area contributed by atoms with Gasteiger partial charge in [-0.05, 0) is 35.4 Å². The minimum Gasteiger partial charge on any atom is -0.368 e. The highest BCUT2D eigenvalue weighted by molar-refractivity contribution is 6.36. The van der Waals surface area contributed by atoms with Crippen molar-refractivity contribution in [2.24, 2.45) is 5.92 Å². The average molecular weight is 504 g/mol. The zero-order chi connectivity index (χ0) is 24.8. The van der Waals surface area contributed by atoms with Crippen molar-refractivity contribution < 1.29 is 14.4 Å². The van der Waals surface area contributed by atoms with Gasteiger partial charge in [-0.2, -0.15) is 0 Å². The third-order valence-corrected chi connectivity index (χ3v) is 6.72. The van der Waals surface area contributed by atoms with Gasteiger partial charge in [-0.3, -0.25) is 14.4 Å². The van der Waals surface area contributed by atoms with Crippen molar-refractivity contribution in [3.63, 3.8) is 0 Å². The highest BCUT2D eigenvalue weighted by Crippen LogP contribution is 2.25. The van der Waals surface area contributed by atoms with Crippen LogP contribution < -0.4 is 4.90 Å². The zero-order valence-electron chi connectivity index (χ0n) is 19.9. The molecule has 0 radical (unpaired) electrons. The van der Waals surface area contributed by atoms with Gasteiger partial charge in [0, 0.05) is 61.3 Å². The summed E-state index contributed by atoms with van der Waals surface area (Å²) in [6, 6.07) is 13.2. The molecule has 182 valence electrons. The number of ketones is 1. The van der Waals surface area contributed by atoms with Crippen LogP contribution in [0.1, 0.15) is 25.0 Å². The molecule has 0 N–H and O–H groups in total. The predicted octanol–water partition coefficient (Wildman–Crippen LogP) is 4.11. The smallest absolute Gasteiger partial charge is 0.227 e. The standard InChI is InChI=1S/C26H31Cl2N3O3/c1-18(2)26(34)29(3)17-21(32)15-19-7-9-20(10-8-19)30-11-13-31(14-12-30)25(33)16-22-23(27)5-4-6-24(22)28/h4-10,18H,11-17H2,1-3H3. The molecule has 6 nitrogen and oxygen atoms in total. The summed E-state index contributed by atoms with van der Waals surface area (Å²) in [6.45, 7) is 6.46. The molecule has 2 amide bonds. The number of likely N-dealkylation sites (N-methyl/N-ethyl adjacent to an activating group) is 1. The molecular weight excluding hydrogens is 473 g/mol. The lowest BCUT2D eigenvalue weighted by Gasteiger charge is -2.36. The molecule has 3 rings (SSSR count). The number of piperazine rings is 1. The first-order valence-corrected chi connectivity index (χ1v) is 12.2. The van der Waals surface area contributed by atoms with Crippen molar-refractivity contribution >= 4 is 46.5 Å². The van der Waals surface area contributed by atoms with Crippen LogP contribution in [0.25, 0.3) is 0 Å². The van der Waals surface area contributed by atoms with Crippen LogP contribution in [0.4, 0.5) is 5.69 Å². The Labute approximate surface area is 211 Å². The Balaban J connectivity index is 1.49. The van der Waals surface area contributed by atoms with Gasteiger partial charge in [0.1, 0.15) is 0 Å². The molecule has 0 atom stereocenters. The quantitative estimate of drug-likeness (QED) is 0.543. The largest absolute Gasteiger partial charge is 0.368 e. The first-order valence-electron chi connectivity index (χ1n) is 11.5. The van der Waals surface area contributed by atoms with Gasteiger partial charge in [0.25, 0.3) is 0 Å². The van der Waals surface area contributed by atoms with Crippen LogP contribution >= 0.6 is 23.2 Å². The molecule has 0 aliphatic carbocycles. The molecule has 0 spiro atoms. The van der Waals surface area contributed by atoms with E-state index in [1.165, 1.54) is 4.90 Å². The zero-order valence-corrected chi connectivity index (χ0v) is 21.4. The van der Waals surface area contributed by atoms with Crippen molar-refractivity contribution in [1.29, 1.82) is 0 Å². The van der Waals surface area contributed by atoms with Gasteiger partial charge in [0.2, 0.25) is 11.8 Å². The predicted molar refractivity (Wildman–Crippen MR) is 137 cm³/mol. The van der Waals surface area contributed by atoms with Gasteiger partial charge in [-0.1, -0.05) is 55.2 Å². The molecule has 1 aliphatic heterocycles. The number of rotatable bonds is 8. The highest BCUT2D eigenvalue weighted by Gasteiger charge is 2.23. The Hall–Kier alpha value is -2.57. The van der Waals surface area contributed by atoms with E-state index < -0.39 is 0 Å². The number of Topliss-reactive ketones (excluding diaryl/α,β-unsaturated/α-hetero) is 1. The molecule has 1 heterocycles. The van der Waals surface area contributed by atoms with Gasteiger partial charge in [-0.15, -0.1) is 0 Å². The number of amides is 2. The summed E-state index contributed by atoms with van der Waals surface area (Å²) in [5.41, 5.74) is 2.65. The van der Waals surface area contributed by atoms with Crippen LogP contribution in [0, 0.1) is 5.92 Å². The molecule has 8 heteroatoms. The molecule has 1 aliphatic rings. The van der Waals surface area contributed by atoms with Gasteiger partial charge in [0.15, 0.2) is 5.78 Å². The number of hydrogen-bond acceptors (Lipinski definition) is 4. The van der Waals surface area contributed by atoms with E-state index in [-0.39, 0.29) is 36.5 Å². The Morgan fingerprint density at radius 2 is 1.50 bits per heavy atom. The monoisotopic (exact) mass is 503 g/mol. The van der Waals surface area contributed by atoms with Crippen LogP contribution in [0.5, 0.6) is 0 Å². The Bertz CT molecular complexity index is 1010. The Morgan fingerprint density at radius 1 is 0.912 bits per heavy atom. The van der Waals surface area contributed by atoms with Crippen LogP contribution in [-0.2, 0) is 27.2 Å². The fraction of sp³-hybridized carbons (Fsp3) is 0.423. The fourth-order valence-electron chi connectivity index (χ4n) is 4.07. The maximum absolute atomic E-state index is 12.8. The van der Waals surface area contributed by atoms with Crippen LogP contribution in [-0.4, -0.2) is 67.2 Å². The van der Waals surface area contributed by atoms with E-state index in [4.69, 9.17) is 23.2 Å². The van der Waals surface area contributed by atoms with Crippen molar-refractivity contribution in [3.8, 4) is 0 Å². The first-order chi connectivity index (χ1) is 16.2. The molecule has 0 saturated carbocycles. The van der Waals surface area contributed by atoms with Gasteiger partial charge in [-0.25, -0.2) is 0 Å². The summed E-state index contributed by atoms with van der Waals surface area (Å²) in [6.07, 6.45) is 0.488. The number of nitrogens with zero attached hydrogens (tertiary/aromatic N) is 3. The number of anilines is 1. The van der Waals surface area contributed by atoms with Crippen molar-refractivity contribution in [3.05, 3.63) is 63.6 Å². The minimum atomic E-state index is -0.123. The normalized spacial score (nSPS) is 13.8. The van der Waals surface area contributed by atoms with Crippen molar-refractivity contribution in [2.45, 2.75) is 26.7 Å². The molecule has 0 bridgehead atoms. The lowest BCUT2D eigenvalue weighted by atomic mass is 10.1. The SMILES string of the molecule is CC(C)C(=O)N(C)CC(=O)Cc1ccc(N2CCN(C(=O)Cc3c(Cl)cccc3Cl)CC2)cc1. The van der Waals surface area contributed by atoms with E-state index >= 15 is 0 Å².